The SMILES string of the molecule is O=C(c1ccc2n[nH]nc2c1)N1C[C@H](c2ccccc2)[C@@H]2[C@H]1C1CCN2CC1. The highest BCUT2D eigenvalue weighted by molar-refractivity contribution is 5.97. The van der Waals surface area contributed by atoms with Gasteiger partial charge in [-0.25, -0.2) is 0 Å². The zero-order valence-corrected chi connectivity index (χ0v) is 15.7. The normalized spacial score (nSPS) is 31.3. The number of carbonyl (C=O) groups excluding carboxylic acids is 1. The van der Waals surface area contributed by atoms with Gasteiger partial charge in [-0.15, -0.1) is 0 Å². The molecular formula is C22H23N5O. The molecule has 4 aliphatic heterocycles. The summed E-state index contributed by atoms with van der Waals surface area (Å²) in [6.07, 6.45) is 2.41. The minimum atomic E-state index is 0.132. The molecule has 4 saturated heterocycles. The number of rotatable bonds is 2. The zero-order chi connectivity index (χ0) is 18.7. The molecule has 0 saturated carbocycles. The van der Waals surface area contributed by atoms with Gasteiger partial charge in [0.2, 0.25) is 0 Å². The number of aromatic nitrogens is 3. The van der Waals surface area contributed by atoms with Crippen LogP contribution in [-0.2, 0) is 0 Å². The number of aromatic amines is 1. The van der Waals surface area contributed by atoms with E-state index in [2.05, 4.69) is 55.5 Å². The predicted molar refractivity (Wildman–Crippen MR) is 106 cm³/mol. The number of benzene rings is 2. The predicted octanol–water partition coefficient (Wildman–Crippen LogP) is 2.66. The highest BCUT2D eigenvalue weighted by Gasteiger charge is 2.54. The Kier molecular flexibility index (Phi) is 3.56. The fourth-order valence-electron chi connectivity index (χ4n) is 5.79. The van der Waals surface area contributed by atoms with Gasteiger partial charge in [-0.05, 0) is 55.6 Å². The smallest absolute Gasteiger partial charge is 0.254 e. The number of piperidine rings is 3. The lowest BCUT2D eigenvalue weighted by Crippen LogP contribution is -2.60. The molecule has 1 amide bonds. The van der Waals surface area contributed by atoms with Crippen molar-refractivity contribution in [2.75, 3.05) is 19.6 Å². The zero-order valence-electron chi connectivity index (χ0n) is 15.7. The molecule has 6 heteroatoms. The highest BCUT2D eigenvalue weighted by Crippen LogP contribution is 2.46. The second kappa shape index (κ2) is 6.14. The maximum Gasteiger partial charge on any atom is 0.254 e. The lowest BCUT2D eigenvalue weighted by atomic mass is 9.75. The first-order valence-corrected chi connectivity index (χ1v) is 10.2. The van der Waals surface area contributed by atoms with Crippen molar-refractivity contribution < 1.29 is 4.79 Å². The Morgan fingerprint density at radius 3 is 2.57 bits per heavy atom. The number of hydrogen-bond donors (Lipinski definition) is 1. The topological polar surface area (TPSA) is 65.1 Å². The first-order valence-electron chi connectivity index (χ1n) is 10.2. The van der Waals surface area contributed by atoms with E-state index < -0.39 is 0 Å². The second-order valence-electron chi connectivity index (χ2n) is 8.36. The van der Waals surface area contributed by atoms with Crippen LogP contribution in [0.15, 0.2) is 48.5 Å². The number of nitrogens with one attached hydrogen (secondary N) is 1. The molecule has 0 radical (unpaired) electrons. The lowest BCUT2D eigenvalue weighted by Gasteiger charge is -2.51. The summed E-state index contributed by atoms with van der Waals surface area (Å²) in [5.41, 5.74) is 3.61. The number of H-pyrrole nitrogens is 1. The minimum absolute atomic E-state index is 0.132. The van der Waals surface area contributed by atoms with E-state index in [1.807, 2.05) is 18.2 Å². The molecule has 5 heterocycles. The number of carbonyl (C=O) groups is 1. The van der Waals surface area contributed by atoms with E-state index in [1.165, 1.54) is 31.5 Å². The average Bonchev–Trinajstić information content (AvgIpc) is 3.40. The van der Waals surface area contributed by atoms with Crippen LogP contribution in [0.4, 0.5) is 0 Å². The van der Waals surface area contributed by atoms with Crippen LogP contribution in [0.1, 0.15) is 34.7 Å². The molecule has 3 aromatic rings. The Labute approximate surface area is 163 Å². The first kappa shape index (κ1) is 16.2. The molecule has 2 bridgehead atoms. The Bertz CT molecular complexity index is 1020. The number of fused-ring (bicyclic) bond motifs is 3. The van der Waals surface area contributed by atoms with Crippen molar-refractivity contribution in [3.05, 3.63) is 59.7 Å². The lowest BCUT2D eigenvalue weighted by molar-refractivity contribution is -0.00340. The maximum atomic E-state index is 13.6. The number of hydrogen-bond acceptors (Lipinski definition) is 4. The molecule has 0 spiro atoms. The van der Waals surface area contributed by atoms with Gasteiger partial charge >= 0.3 is 0 Å². The van der Waals surface area contributed by atoms with Crippen molar-refractivity contribution in [1.29, 1.82) is 0 Å². The van der Waals surface area contributed by atoms with Crippen molar-refractivity contribution in [2.45, 2.75) is 30.8 Å². The van der Waals surface area contributed by atoms with Crippen molar-refractivity contribution in [3.8, 4) is 0 Å². The highest BCUT2D eigenvalue weighted by atomic mass is 16.2. The van der Waals surface area contributed by atoms with Gasteiger partial charge in [0.25, 0.3) is 5.91 Å². The number of amides is 1. The average molecular weight is 373 g/mol. The molecule has 2 aromatic carbocycles. The summed E-state index contributed by atoms with van der Waals surface area (Å²) in [5, 5.41) is 10.9. The van der Waals surface area contributed by atoms with Gasteiger partial charge in [-0.3, -0.25) is 9.69 Å². The van der Waals surface area contributed by atoms with Gasteiger partial charge in [0.1, 0.15) is 11.0 Å². The fraction of sp³-hybridized carbons (Fsp3) is 0.409. The summed E-state index contributed by atoms with van der Waals surface area (Å²) in [6.45, 7) is 3.13. The Morgan fingerprint density at radius 2 is 1.75 bits per heavy atom. The molecule has 1 N–H and O–H groups in total. The Balaban J connectivity index is 1.39. The van der Waals surface area contributed by atoms with Crippen LogP contribution in [0, 0.1) is 5.92 Å². The van der Waals surface area contributed by atoms with Gasteiger partial charge in [-0.2, -0.15) is 15.4 Å². The fourth-order valence-corrected chi connectivity index (χ4v) is 5.79. The third-order valence-electron chi connectivity index (χ3n) is 7.05. The van der Waals surface area contributed by atoms with Crippen LogP contribution >= 0.6 is 0 Å². The van der Waals surface area contributed by atoms with E-state index >= 15 is 0 Å². The molecule has 7 rings (SSSR count). The van der Waals surface area contributed by atoms with Crippen molar-refractivity contribution in [1.82, 2.24) is 25.2 Å². The second-order valence-corrected chi connectivity index (χ2v) is 8.36. The van der Waals surface area contributed by atoms with Gasteiger partial charge in [0, 0.05) is 24.1 Å². The first-order chi connectivity index (χ1) is 13.8. The molecule has 0 unspecified atom stereocenters. The molecule has 4 aliphatic rings. The van der Waals surface area contributed by atoms with Gasteiger partial charge in [0.15, 0.2) is 0 Å². The van der Waals surface area contributed by atoms with Crippen molar-refractivity contribution >= 4 is 16.9 Å². The maximum absolute atomic E-state index is 13.6. The minimum Gasteiger partial charge on any atom is -0.333 e. The number of nitrogens with zero attached hydrogens (tertiary/aromatic N) is 4. The quantitative estimate of drug-likeness (QED) is 0.750. The van der Waals surface area contributed by atoms with E-state index in [-0.39, 0.29) is 5.91 Å². The molecule has 1 aromatic heterocycles. The molecule has 6 nitrogen and oxygen atoms in total. The van der Waals surface area contributed by atoms with Crippen LogP contribution < -0.4 is 0 Å². The summed E-state index contributed by atoms with van der Waals surface area (Å²) >= 11 is 0. The van der Waals surface area contributed by atoms with E-state index in [1.54, 1.807) is 0 Å². The van der Waals surface area contributed by atoms with E-state index in [0.29, 0.717) is 29.5 Å². The molecule has 3 atom stereocenters. The van der Waals surface area contributed by atoms with Crippen LogP contribution in [0.25, 0.3) is 11.0 Å². The Hall–Kier alpha value is -2.73. The molecule has 28 heavy (non-hydrogen) atoms. The van der Waals surface area contributed by atoms with Crippen LogP contribution in [-0.4, -0.2) is 62.8 Å². The van der Waals surface area contributed by atoms with Gasteiger partial charge < -0.3 is 4.90 Å². The van der Waals surface area contributed by atoms with E-state index in [0.717, 1.165) is 17.6 Å². The number of likely N-dealkylation sites (tertiary alicyclic amines) is 1. The third-order valence-corrected chi connectivity index (χ3v) is 7.05. The van der Waals surface area contributed by atoms with E-state index in [9.17, 15) is 4.79 Å². The van der Waals surface area contributed by atoms with Gasteiger partial charge in [-0.1, -0.05) is 30.3 Å². The molecule has 4 fully saturated rings. The molecule has 0 aliphatic carbocycles. The summed E-state index contributed by atoms with van der Waals surface area (Å²) in [4.78, 5) is 18.4. The molecular weight excluding hydrogens is 350 g/mol. The standard InChI is InChI=1S/C22H23N5O/c28-22(16-6-7-18-19(12-16)24-25-23-18)27-13-17(14-4-2-1-3-5-14)21-20(27)15-8-10-26(21)11-9-15/h1-7,12,15,17,20-21H,8-11,13H2,(H,23,24,25)/t17-,20-,21-/m1/s1. The third kappa shape index (κ3) is 2.34. The van der Waals surface area contributed by atoms with Crippen LogP contribution in [0.5, 0.6) is 0 Å². The summed E-state index contributed by atoms with van der Waals surface area (Å²) in [7, 11) is 0. The van der Waals surface area contributed by atoms with Crippen molar-refractivity contribution in [3.63, 3.8) is 0 Å². The largest absolute Gasteiger partial charge is 0.333 e. The van der Waals surface area contributed by atoms with Crippen LogP contribution in [0.3, 0.4) is 0 Å². The summed E-state index contributed by atoms with van der Waals surface area (Å²) < 4.78 is 0. The Morgan fingerprint density at radius 1 is 0.964 bits per heavy atom. The van der Waals surface area contributed by atoms with E-state index in [4.69, 9.17) is 0 Å². The van der Waals surface area contributed by atoms with Crippen molar-refractivity contribution in [2.24, 2.45) is 5.92 Å². The van der Waals surface area contributed by atoms with Crippen LogP contribution in [0.2, 0.25) is 0 Å². The van der Waals surface area contributed by atoms with Gasteiger partial charge in [0.05, 0.1) is 6.04 Å². The summed E-state index contributed by atoms with van der Waals surface area (Å²) in [5.74, 6) is 1.13. The molecule has 142 valence electrons. The summed E-state index contributed by atoms with van der Waals surface area (Å²) in [6, 6.07) is 17.1. The monoisotopic (exact) mass is 373 g/mol.